The summed E-state index contributed by atoms with van der Waals surface area (Å²) in [6, 6.07) is -0.172. The van der Waals surface area contributed by atoms with Crippen LogP contribution in [-0.2, 0) is 9.59 Å². The molecule has 0 bridgehead atoms. The number of likely N-dealkylation sites (tertiary alicyclic amines) is 1. The smallest absolute Gasteiger partial charge is 0.311 e. The first-order chi connectivity index (χ1) is 8.70. The maximum absolute atomic E-state index is 12.0. The molecule has 1 aliphatic rings. The van der Waals surface area contributed by atoms with E-state index in [0.29, 0.717) is 19.5 Å². The monoisotopic (exact) mass is 270 g/mol. The molecule has 0 radical (unpaired) electrons. The van der Waals surface area contributed by atoms with Crippen LogP contribution in [0.5, 0.6) is 0 Å². The highest BCUT2D eigenvalue weighted by Crippen LogP contribution is 2.38. The van der Waals surface area contributed by atoms with E-state index in [1.54, 1.807) is 0 Å². The first-order valence-electron chi connectivity index (χ1n) is 6.98. The van der Waals surface area contributed by atoms with E-state index in [4.69, 9.17) is 0 Å². The molecule has 0 aromatic carbocycles. The van der Waals surface area contributed by atoms with Crippen molar-refractivity contribution in [2.24, 2.45) is 11.3 Å². The number of carboxylic acid groups (broad SMARTS) is 1. The maximum Gasteiger partial charge on any atom is 0.311 e. The average Bonchev–Trinajstić information content (AvgIpc) is 2.72. The zero-order chi connectivity index (χ0) is 14.8. The number of hydrogen-bond acceptors (Lipinski definition) is 3. The van der Waals surface area contributed by atoms with Crippen LogP contribution in [0.15, 0.2) is 0 Å². The van der Waals surface area contributed by atoms with E-state index in [2.05, 4.69) is 5.32 Å². The van der Waals surface area contributed by atoms with Crippen molar-refractivity contribution in [3.63, 3.8) is 0 Å². The number of carbonyl (C=O) groups is 2. The van der Waals surface area contributed by atoms with Gasteiger partial charge in [-0.05, 0) is 33.1 Å². The van der Waals surface area contributed by atoms with Gasteiger partial charge in [0, 0.05) is 19.1 Å². The van der Waals surface area contributed by atoms with Crippen molar-refractivity contribution in [1.29, 1.82) is 0 Å². The SMILES string of the molecule is CC(C)NC(=O)C(C)N1CCC(C(=O)O)(C(C)C)C1. The van der Waals surface area contributed by atoms with E-state index in [0.717, 1.165) is 0 Å². The highest BCUT2D eigenvalue weighted by atomic mass is 16.4. The Morgan fingerprint density at radius 2 is 1.79 bits per heavy atom. The fourth-order valence-electron chi connectivity index (χ4n) is 2.66. The van der Waals surface area contributed by atoms with Gasteiger partial charge in [-0.15, -0.1) is 0 Å². The summed E-state index contributed by atoms with van der Waals surface area (Å²) in [5.41, 5.74) is -0.716. The lowest BCUT2D eigenvalue weighted by Crippen LogP contribution is -2.48. The molecule has 0 saturated carbocycles. The molecule has 0 spiro atoms. The standard InChI is InChI=1S/C14H26N2O3/c1-9(2)14(13(18)19)6-7-16(8-14)11(5)12(17)15-10(3)4/h9-11H,6-8H2,1-5H3,(H,15,17)(H,18,19). The highest BCUT2D eigenvalue weighted by Gasteiger charge is 2.48. The number of aliphatic carboxylic acids is 1. The number of carboxylic acids is 1. The van der Waals surface area contributed by atoms with E-state index in [-0.39, 0.29) is 23.9 Å². The lowest BCUT2D eigenvalue weighted by Gasteiger charge is -2.30. The summed E-state index contributed by atoms with van der Waals surface area (Å²) in [4.78, 5) is 25.5. The van der Waals surface area contributed by atoms with Crippen molar-refractivity contribution in [1.82, 2.24) is 10.2 Å². The van der Waals surface area contributed by atoms with Gasteiger partial charge in [0.25, 0.3) is 0 Å². The molecule has 1 saturated heterocycles. The Kier molecular flexibility index (Phi) is 4.96. The topological polar surface area (TPSA) is 69.6 Å². The Hall–Kier alpha value is -1.10. The van der Waals surface area contributed by atoms with E-state index in [9.17, 15) is 14.7 Å². The number of rotatable bonds is 5. The van der Waals surface area contributed by atoms with Gasteiger partial charge in [0.15, 0.2) is 0 Å². The molecule has 1 rings (SSSR count). The van der Waals surface area contributed by atoms with Crippen LogP contribution in [0, 0.1) is 11.3 Å². The molecule has 1 fully saturated rings. The second kappa shape index (κ2) is 5.90. The Bertz CT molecular complexity index is 355. The predicted octanol–water partition coefficient (Wildman–Crippen LogP) is 1.33. The molecule has 0 aromatic rings. The summed E-state index contributed by atoms with van der Waals surface area (Å²) >= 11 is 0. The molecule has 2 unspecified atom stereocenters. The van der Waals surface area contributed by atoms with E-state index in [1.807, 2.05) is 39.5 Å². The Morgan fingerprint density at radius 1 is 1.21 bits per heavy atom. The molecular weight excluding hydrogens is 244 g/mol. The third-order valence-electron chi connectivity index (χ3n) is 4.22. The molecular formula is C14H26N2O3. The fourth-order valence-corrected chi connectivity index (χ4v) is 2.66. The van der Waals surface area contributed by atoms with Crippen molar-refractivity contribution >= 4 is 11.9 Å². The molecule has 19 heavy (non-hydrogen) atoms. The molecule has 0 aromatic heterocycles. The average molecular weight is 270 g/mol. The summed E-state index contributed by atoms with van der Waals surface area (Å²) in [5, 5.41) is 12.4. The molecule has 0 aliphatic carbocycles. The second-order valence-electron chi connectivity index (χ2n) is 6.18. The van der Waals surface area contributed by atoms with Gasteiger partial charge in [0.2, 0.25) is 5.91 Å². The predicted molar refractivity (Wildman–Crippen MR) is 73.8 cm³/mol. The van der Waals surface area contributed by atoms with Crippen LogP contribution in [-0.4, -0.2) is 47.1 Å². The zero-order valence-corrected chi connectivity index (χ0v) is 12.6. The van der Waals surface area contributed by atoms with Gasteiger partial charge in [-0.25, -0.2) is 0 Å². The largest absolute Gasteiger partial charge is 0.481 e. The quantitative estimate of drug-likeness (QED) is 0.791. The highest BCUT2D eigenvalue weighted by molar-refractivity contribution is 5.82. The van der Waals surface area contributed by atoms with Crippen LogP contribution in [0.1, 0.15) is 41.0 Å². The van der Waals surface area contributed by atoms with Crippen LogP contribution in [0.3, 0.4) is 0 Å². The molecule has 5 nitrogen and oxygen atoms in total. The number of nitrogens with zero attached hydrogens (tertiary/aromatic N) is 1. The molecule has 1 heterocycles. The van der Waals surface area contributed by atoms with E-state index < -0.39 is 11.4 Å². The third-order valence-corrected chi connectivity index (χ3v) is 4.22. The lowest BCUT2D eigenvalue weighted by atomic mass is 9.76. The van der Waals surface area contributed by atoms with Gasteiger partial charge < -0.3 is 10.4 Å². The first-order valence-corrected chi connectivity index (χ1v) is 6.98. The van der Waals surface area contributed by atoms with Gasteiger partial charge >= 0.3 is 5.97 Å². The molecule has 1 aliphatic heterocycles. The summed E-state index contributed by atoms with van der Waals surface area (Å²) in [6.45, 7) is 10.7. The zero-order valence-electron chi connectivity index (χ0n) is 12.6. The summed E-state index contributed by atoms with van der Waals surface area (Å²) in [6.07, 6.45) is 0.610. The Balaban J connectivity index is 2.74. The fraction of sp³-hybridized carbons (Fsp3) is 0.857. The Morgan fingerprint density at radius 3 is 2.16 bits per heavy atom. The summed E-state index contributed by atoms with van der Waals surface area (Å²) < 4.78 is 0. The molecule has 5 heteroatoms. The lowest BCUT2D eigenvalue weighted by molar-refractivity contribution is -0.151. The summed E-state index contributed by atoms with van der Waals surface area (Å²) in [7, 11) is 0. The number of nitrogens with one attached hydrogen (secondary N) is 1. The molecule has 2 N–H and O–H groups in total. The van der Waals surface area contributed by atoms with E-state index >= 15 is 0 Å². The van der Waals surface area contributed by atoms with Crippen LogP contribution in [0.4, 0.5) is 0 Å². The van der Waals surface area contributed by atoms with Crippen LogP contribution in [0.2, 0.25) is 0 Å². The van der Waals surface area contributed by atoms with Gasteiger partial charge in [0.1, 0.15) is 0 Å². The van der Waals surface area contributed by atoms with Crippen LogP contribution >= 0.6 is 0 Å². The normalized spacial score (nSPS) is 25.8. The van der Waals surface area contributed by atoms with E-state index in [1.165, 1.54) is 0 Å². The van der Waals surface area contributed by atoms with Crippen molar-refractivity contribution in [3.8, 4) is 0 Å². The summed E-state index contributed by atoms with van der Waals surface area (Å²) in [5.74, 6) is -0.711. The van der Waals surface area contributed by atoms with Gasteiger partial charge in [-0.2, -0.15) is 0 Å². The Labute approximate surface area is 115 Å². The van der Waals surface area contributed by atoms with Crippen molar-refractivity contribution in [3.05, 3.63) is 0 Å². The number of hydrogen-bond donors (Lipinski definition) is 2. The van der Waals surface area contributed by atoms with Crippen molar-refractivity contribution in [2.75, 3.05) is 13.1 Å². The van der Waals surface area contributed by atoms with Crippen molar-refractivity contribution in [2.45, 2.75) is 53.1 Å². The molecule has 1 amide bonds. The van der Waals surface area contributed by atoms with Gasteiger partial charge in [-0.3, -0.25) is 14.5 Å². The minimum absolute atomic E-state index is 0.0278. The number of amides is 1. The van der Waals surface area contributed by atoms with Crippen LogP contribution < -0.4 is 5.32 Å². The number of carbonyl (C=O) groups excluding carboxylic acids is 1. The second-order valence-corrected chi connectivity index (χ2v) is 6.18. The molecule has 2 atom stereocenters. The molecule has 110 valence electrons. The minimum Gasteiger partial charge on any atom is -0.481 e. The van der Waals surface area contributed by atoms with Gasteiger partial charge in [-0.1, -0.05) is 13.8 Å². The first kappa shape index (κ1) is 16.0. The van der Waals surface area contributed by atoms with Crippen molar-refractivity contribution < 1.29 is 14.7 Å². The van der Waals surface area contributed by atoms with Gasteiger partial charge in [0.05, 0.1) is 11.5 Å². The maximum atomic E-state index is 12.0. The third kappa shape index (κ3) is 3.26. The van der Waals surface area contributed by atoms with Crippen LogP contribution in [0.25, 0.3) is 0 Å². The minimum atomic E-state index is -0.749.